The van der Waals surface area contributed by atoms with Crippen LogP contribution in [0, 0.1) is 8.99 Å². The molecule has 1 aromatic rings. The van der Waals surface area contributed by atoms with Gasteiger partial charge in [-0.15, -0.1) is 0 Å². The summed E-state index contributed by atoms with van der Waals surface area (Å²) in [6.45, 7) is 0.179. The average Bonchev–Trinajstić information content (AvgIpc) is 2.48. The first-order chi connectivity index (χ1) is 10.0. The van der Waals surface area contributed by atoms with Crippen LogP contribution in [0.1, 0.15) is 32.1 Å². The summed E-state index contributed by atoms with van der Waals surface area (Å²) in [6.07, 6.45) is 4.15. The highest BCUT2D eigenvalue weighted by atomic mass is 127. The number of anilines is 1. The van der Waals surface area contributed by atoms with Crippen molar-refractivity contribution < 1.29 is 14.7 Å². The third kappa shape index (κ3) is 4.33. The molecule has 2 amide bonds. The number of carbonyl (C=O) groups is 2. The molecule has 0 heterocycles. The molecule has 1 saturated carbocycles. The highest BCUT2D eigenvalue weighted by molar-refractivity contribution is 14.1. The fourth-order valence-electron chi connectivity index (χ4n) is 2.65. The first kappa shape index (κ1) is 16.1. The van der Waals surface area contributed by atoms with Crippen molar-refractivity contribution in [3.05, 3.63) is 27.8 Å². The predicted octanol–water partition coefficient (Wildman–Crippen LogP) is 3.45. The molecule has 1 aromatic carbocycles. The second-order valence-electron chi connectivity index (χ2n) is 5.46. The number of benzene rings is 1. The number of carboxylic acid groups (broad SMARTS) is 1. The van der Waals surface area contributed by atoms with Gasteiger partial charge in [0.05, 0.1) is 5.41 Å². The first-order valence-corrected chi connectivity index (χ1v) is 8.14. The Morgan fingerprint density at radius 1 is 1.14 bits per heavy atom. The number of rotatable bonds is 4. The molecule has 6 heteroatoms. The molecule has 21 heavy (non-hydrogen) atoms. The monoisotopic (exact) mass is 402 g/mol. The summed E-state index contributed by atoms with van der Waals surface area (Å²) in [5.41, 5.74) is -0.109. The fraction of sp³-hybridized carbons (Fsp3) is 0.467. The van der Waals surface area contributed by atoms with Gasteiger partial charge in [-0.05, 0) is 59.7 Å². The first-order valence-electron chi connectivity index (χ1n) is 7.06. The molecule has 2 rings (SSSR count). The molecule has 0 atom stereocenters. The number of halogens is 1. The van der Waals surface area contributed by atoms with Crippen molar-refractivity contribution >= 4 is 40.3 Å². The lowest BCUT2D eigenvalue weighted by molar-refractivity contribution is -0.150. The summed E-state index contributed by atoms with van der Waals surface area (Å²) in [5, 5.41) is 14.9. The molecule has 0 unspecified atom stereocenters. The third-order valence-corrected chi connectivity index (χ3v) is 4.67. The Kier molecular flexibility index (Phi) is 5.44. The molecule has 3 N–H and O–H groups in total. The topological polar surface area (TPSA) is 78.4 Å². The minimum atomic E-state index is -0.809. The van der Waals surface area contributed by atoms with Gasteiger partial charge in [-0.3, -0.25) is 4.79 Å². The summed E-state index contributed by atoms with van der Waals surface area (Å²) >= 11 is 2.19. The van der Waals surface area contributed by atoms with Crippen molar-refractivity contribution in [2.24, 2.45) is 5.41 Å². The summed E-state index contributed by atoms with van der Waals surface area (Å²) in [4.78, 5) is 23.4. The Labute approximate surface area is 137 Å². The highest BCUT2D eigenvalue weighted by Gasteiger charge is 2.39. The van der Waals surface area contributed by atoms with Crippen LogP contribution in [0.3, 0.4) is 0 Å². The largest absolute Gasteiger partial charge is 0.481 e. The van der Waals surface area contributed by atoms with Gasteiger partial charge in [-0.2, -0.15) is 0 Å². The van der Waals surface area contributed by atoms with Crippen molar-refractivity contribution in [3.8, 4) is 0 Å². The third-order valence-electron chi connectivity index (χ3n) is 3.95. The summed E-state index contributed by atoms with van der Waals surface area (Å²) in [6, 6.07) is 7.07. The van der Waals surface area contributed by atoms with E-state index in [4.69, 9.17) is 0 Å². The van der Waals surface area contributed by atoms with E-state index in [1.165, 1.54) is 0 Å². The zero-order chi connectivity index (χ0) is 15.3. The molecule has 0 bridgehead atoms. The highest BCUT2D eigenvalue weighted by Crippen LogP contribution is 2.36. The molecular formula is C15H19IN2O3. The van der Waals surface area contributed by atoms with E-state index in [1.807, 2.05) is 24.3 Å². The van der Waals surface area contributed by atoms with E-state index in [0.717, 1.165) is 22.8 Å². The predicted molar refractivity (Wildman–Crippen MR) is 89.3 cm³/mol. The van der Waals surface area contributed by atoms with E-state index in [9.17, 15) is 14.7 Å². The number of hydrogen-bond acceptors (Lipinski definition) is 2. The number of nitrogens with one attached hydrogen (secondary N) is 2. The van der Waals surface area contributed by atoms with Crippen LogP contribution in [0.4, 0.5) is 10.5 Å². The van der Waals surface area contributed by atoms with Gasteiger partial charge in [-0.25, -0.2) is 4.79 Å². The Bertz CT molecular complexity index is 510. The molecule has 0 saturated heterocycles. The van der Waals surface area contributed by atoms with Crippen LogP contribution < -0.4 is 10.6 Å². The van der Waals surface area contributed by atoms with Gasteiger partial charge < -0.3 is 15.7 Å². The van der Waals surface area contributed by atoms with Crippen LogP contribution in [-0.4, -0.2) is 23.7 Å². The van der Waals surface area contributed by atoms with Crippen LogP contribution in [0.25, 0.3) is 0 Å². The minimum absolute atomic E-state index is 0.179. The van der Waals surface area contributed by atoms with E-state index in [2.05, 4.69) is 33.2 Å². The number of hydrogen-bond donors (Lipinski definition) is 3. The zero-order valence-corrected chi connectivity index (χ0v) is 13.9. The van der Waals surface area contributed by atoms with Crippen LogP contribution in [0.5, 0.6) is 0 Å². The van der Waals surface area contributed by atoms with Gasteiger partial charge in [0.15, 0.2) is 0 Å². The maximum absolute atomic E-state index is 11.9. The van der Waals surface area contributed by atoms with Gasteiger partial charge in [0.25, 0.3) is 0 Å². The SMILES string of the molecule is O=C(NCC1(C(=O)O)CCCCC1)Nc1ccc(I)cc1. The molecule has 1 aliphatic carbocycles. The number of aliphatic carboxylic acids is 1. The number of carboxylic acids is 1. The number of amides is 2. The summed E-state index contributed by atoms with van der Waals surface area (Å²) in [5.74, 6) is -0.809. The maximum Gasteiger partial charge on any atom is 0.319 e. The zero-order valence-electron chi connectivity index (χ0n) is 11.7. The Hall–Kier alpha value is -1.31. The quantitative estimate of drug-likeness (QED) is 0.676. The minimum Gasteiger partial charge on any atom is -0.481 e. The second-order valence-corrected chi connectivity index (χ2v) is 6.71. The molecule has 5 nitrogen and oxygen atoms in total. The number of urea groups is 1. The standard InChI is InChI=1S/C15H19IN2O3/c16-11-4-6-12(7-5-11)18-14(21)17-10-15(13(19)20)8-2-1-3-9-15/h4-7H,1-3,8-10H2,(H,19,20)(H2,17,18,21). The van der Waals surface area contributed by atoms with Gasteiger partial charge in [-0.1, -0.05) is 19.3 Å². The smallest absolute Gasteiger partial charge is 0.319 e. The van der Waals surface area contributed by atoms with E-state index in [1.54, 1.807) is 0 Å². The van der Waals surface area contributed by atoms with Crippen molar-refractivity contribution in [2.75, 3.05) is 11.9 Å². The number of carbonyl (C=O) groups excluding carboxylic acids is 1. The molecule has 1 aliphatic rings. The molecule has 0 spiro atoms. The van der Waals surface area contributed by atoms with E-state index >= 15 is 0 Å². The van der Waals surface area contributed by atoms with Crippen LogP contribution in [-0.2, 0) is 4.79 Å². The van der Waals surface area contributed by atoms with Crippen LogP contribution in [0.15, 0.2) is 24.3 Å². The Morgan fingerprint density at radius 3 is 2.33 bits per heavy atom. The Morgan fingerprint density at radius 2 is 1.76 bits per heavy atom. The van der Waals surface area contributed by atoms with Crippen molar-refractivity contribution in [1.29, 1.82) is 0 Å². The molecule has 0 aliphatic heterocycles. The van der Waals surface area contributed by atoms with E-state index < -0.39 is 11.4 Å². The summed E-state index contributed by atoms with van der Waals surface area (Å²) < 4.78 is 1.09. The van der Waals surface area contributed by atoms with Gasteiger partial charge in [0.1, 0.15) is 0 Å². The van der Waals surface area contributed by atoms with Gasteiger partial charge in [0.2, 0.25) is 0 Å². The fourth-order valence-corrected chi connectivity index (χ4v) is 3.01. The normalized spacial score (nSPS) is 17.0. The molecular weight excluding hydrogens is 383 g/mol. The molecule has 0 radical (unpaired) electrons. The molecule has 0 aromatic heterocycles. The lowest BCUT2D eigenvalue weighted by Crippen LogP contribution is -2.45. The average molecular weight is 402 g/mol. The Balaban J connectivity index is 1.90. The second kappa shape index (κ2) is 7.11. The van der Waals surface area contributed by atoms with Crippen LogP contribution in [0.2, 0.25) is 0 Å². The van der Waals surface area contributed by atoms with Crippen LogP contribution >= 0.6 is 22.6 Å². The van der Waals surface area contributed by atoms with E-state index in [-0.39, 0.29) is 12.6 Å². The van der Waals surface area contributed by atoms with E-state index in [0.29, 0.717) is 18.5 Å². The lowest BCUT2D eigenvalue weighted by atomic mass is 9.74. The van der Waals surface area contributed by atoms with Gasteiger partial charge >= 0.3 is 12.0 Å². The molecule has 1 fully saturated rings. The van der Waals surface area contributed by atoms with Crippen molar-refractivity contribution in [1.82, 2.24) is 5.32 Å². The van der Waals surface area contributed by atoms with Crippen molar-refractivity contribution in [3.63, 3.8) is 0 Å². The summed E-state index contributed by atoms with van der Waals surface area (Å²) in [7, 11) is 0. The van der Waals surface area contributed by atoms with Gasteiger partial charge in [0, 0.05) is 15.8 Å². The molecule has 114 valence electrons. The maximum atomic E-state index is 11.9. The van der Waals surface area contributed by atoms with Crippen molar-refractivity contribution in [2.45, 2.75) is 32.1 Å². The lowest BCUT2D eigenvalue weighted by Gasteiger charge is -2.33.